The molecule has 1 aliphatic rings. The summed E-state index contributed by atoms with van der Waals surface area (Å²) < 4.78 is 0. The maximum Gasteiger partial charge on any atom is 0.236 e. The third kappa shape index (κ3) is 5.11. The minimum Gasteiger partial charge on any atom is -0.341 e. The topological polar surface area (TPSA) is 26.8 Å². The van der Waals surface area contributed by atoms with E-state index in [2.05, 4.69) is 42.3 Å². The molecule has 4 heteroatoms. The molecule has 0 unspecified atom stereocenters. The Hall–Kier alpha value is -1.39. The fraction of sp³-hybridized carbons (Fsp3) is 0.611. The molecule has 122 valence electrons. The second kappa shape index (κ2) is 8.30. The zero-order valence-corrected chi connectivity index (χ0v) is 14.2. The van der Waals surface area contributed by atoms with E-state index in [4.69, 9.17) is 0 Å². The predicted octanol–water partition coefficient (Wildman–Crippen LogP) is 1.71. The number of hydrogen-bond acceptors (Lipinski definition) is 3. The average molecular weight is 303 g/mol. The summed E-state index contributed by atoms with van der Waals surface area (Å²) >= 11 is 0. The van der Waals surface area contributed by atoms with Crippen LogP contribution in [-0.2, 0) is 11.2 Å². The molecule has 0 atom stereocenters. The van der Waals surface area contributed by atoms with Gasteiger partial charge >= 0.3 is 0 Å². The Morgan fingerprint density at radius 1 is 1.14 bits per heavy atom. The highest BCUT2D eigenvalue weighted by Crippen LogP contribution is 2.16. The van der Waals surface area contributed by atoms with Crippen LogP contribution < -0.4 is 0 Å². The number of nitrogens with zero attached hydrogens (tertiary/aromatic N) is 3. The summed E-state index contributed by atoms with van der Waals surface area (Å²) in [5.41, 5.74) is 1.40. The van der Waals surface area contributed by atoms with E-state index in [0.717, 1.165) is 38.9 Å². The Morgan fingerprint density at radius 2 is 1.77 bits per heavy atom. The van der Waals surface area contributed by atoms with E-state index in [1.807, 2.05) is 23.9 Å². The fourth-order valence-electron chi connectivity index (χ4n) is 3.06. The lowest BCUT2D eigenvalue weighted by molar-refractivity contribution is -0.133. The van der Waals surface area contributed by atoms with Crippen LogP contribution in [0.25, 0.3) is 0 Å². The first-order chi connectivity index (χ1) is 10.6. The lowest BCUT2D eigenvalue weighted by atomic mass is 10.0. The summed E-state index contributed by atoms with van der Waals surface area (Å²) in [5.74, 6) is 0.260. The number of carbonyl (C=O) groups is 1. The number of likely N-dealkylation sites (N-methyl/N-ethyl adjacent to an activating group) is 2. The highest BCUT2D eigenvalue weighted by atomic mass is 16.2. The van der Waals surface area contributed by atoms with Crippen LogP contribution in [0.4, 0.5) is 0 Å². The normalized spacial score (nSPS) is 16.5. The first-order valence-electron chi connectivity index (χ1n) is 8.23. The zero-order valence-electron chi connectivity index (χ0n) is 14.2. The third-order valence-corrected chi connectivity index (χ3v) is 4.49. The second-order valence-corrected chi connectivity index (χ2v) is 6.57. The van der Waals surface area contributed by atoms with E-state index in [-0.39, 0.29) is 5.91 Å². The second-order valence-electron chi connectivity index (χ2n) is 6.57. The van der Waals surface area contributed by atoms with Crippen LogP contribution in [0.5, 0.6) is 0 Å². The van der Waals surface area contributed by atoms with E-state index in [1.54, 1.807) is 0 Å². The van der Waals surface area contributed by atoms with Crippen molar-refractivity contribution in [2.24, 2.45) is 0 Å². The SMILES string of the molecule is CN(C)CC(=O)N1CCC(N(C)CCc2ccccc2)CC1. The Labute approximate surface area is 134 Å². The van der Waals surface area contributed by atoms with Gasteiger partial charge in [-0.2, -0.15) is 0 Å². The fourth-order valence-corrected chi connectivity index (χ4v) is 3.06. The summed E-state index contributed by atoms with van der Waals surface area (Å²) in [6.45, 7) is 3.40. The molecule has 1 amide bonds. The summed E-state index contributed by atoms with van der Waals surface area (Å²) in [5, 5.41) is 0. The molecule has 1 saturated heterocycles. The Morgan fingerprint density at radius 3 is 2.36 bits per heavy atom. The number of carbonyl (C=O) groups excluding carboxylic acids is 1. The molecule has 1 aromatic rings. The molecule has 0 aromatic heterocycles. The van der Waals surface area contributed by atoms with Crippen LogP contribution >= 0.6 is 0 Å². The van der Waals surface area contributed by atoms with Crippen LogP contribution in [0.2, 0.25) is 0 Å². The van der Waals surface area contributed by atoms with Crippen molar-refractivity contribution in [1.29, 1.82) is 0 Å². The highest BCUT2D eigenvalue weighted by molar-refractivity contribution is 5.78. The quantitative estimate of drug-likeness (QED) is 0.800. The molecule has 0 N–H and O–H groups in total. The van der Waals surface area contributed by atoms with Crippen LogP contribution in [0, 0.1) is 0 Å². The number of rotatable bonds is 6. The van der Waals surface area contributed by atoms with Crippen LogP contribution in [-0.4, -0.2) is 74.0 Å². The van der Waals surface area contributed by atoms with Crippen molar-refractivity contribution in [2.45, 2.75) is 25.3 Å². The first kappa shape index (κ1) is 17.0. The lowest BCUT2D eigenvalue weighted by Gasteiger charge is -2.37. The summed E-state index contributed by atoms with van der Waals surface area (Å²) in [4.78, 5) is 18.5. The monoisotopic (exact) mass is 303 g/mol. The van der Waals surface area contributed by atoms with Gasteiger partial charge < -0.3 is 14.7 Å². The van der Waals surface area contributed by atoms with Gasteiger partial charge in [0.25, 0.3) is 0 Å². The molecule has 1 fully saturated rings. The molecule has 4 nitrogen and oxygen atoms in total. The van der Waals surface area contributed by atoms with E-state index in [0.29, 0.717) is 12.6 Å². The molecule has 22 heavy (non-hydrogen) atoms. The summed E-state index contributed by atoms with van der Waals surface area (Å²) in [7, 11) is 6.11. The Bertz CT molecular complexity index is 453. The zero-order chi connectivity index (χ0) is 15.9. The van der Waals surface area contributed by atoms with Crippen molar-refractivity contribution in [3.05, 3.63) is 35.9 Å². The van der Waals surface area contributed by atoms with Crippen molar-refractivity contribution in [1.82, 2.24) is 14.7 Å². The number of amides is 1. The standard InChI is InChI=1S/C18H29N3O/c1-19(2)15-18(22)21-13-10-17(11-14-21)20(3)12-9-16-7-5-4-6-8-16/h4-8,17H,9-15H2,1-3H3. The van der Waals surface area contributed by atoms with Crippen molar-refractivity contribution < 1.29 is 4.79 Å². The average Bonchev–Trinajstić information content (AvgIpc) is 2.53. The summed E-state index contributed by atoms with van der Waals surface area (Å²) in [6, 6.07) is 11.3. The number of likely N-dealkylation sites (tertiary alicyclic amines) is 1. The van der Waals surface area contributed by atoms with Gasteiger partial charge in [0.05, 0.1) is 6.54 Å². The molecule has 0 spiro atoms. The number of benzene rings is 1. The summed E-state index contributed by atoms with van der Waals surface area (Å²) in [6.07, 6.45) is 3.27. The maximum atomic E-state index is 12.1. The molecule has 1 aliphatic heterocycles. The number of hydrogen-bond donors (Lipinski definition) is 0. The molecule has 0 radical (unpaired) electrons. The van der Waals surface area contributed by atoms with E-state index in [1.165, 1.54) is 5.56 Å². The molecule has 0 saturated carbocycles. The van der Waals surface area contributed by atoms with E-state index in [9.17, 15) is 4.79 Å². The number of piperidine rings is 1. The smallest absolute Gasteiger partial charge is 0.236 e. The first-order valence-corrected chi connectivity index (χ1v) is 8.23. The molecule has 1 aromatic carbocycles. The van der Waals surface area contributed by atoms with Gasteiger partial charge in [0.2, 0.25) is 5.91 Å². The van der Waals surface area contributed by atoms with Gasteiger partial charge in [-0.1, -0.05) is 30.3 Å². The molecule has 0 bridgehead atoms. The molecule has 2 rings (SSSR count). The largest absolute Gasteiger partial charge is 0.341 e. The Balaban J connectivity index is 1.73. The van der Waals surface area contributed by atoms with Gasteiger partial charge in [0, 0.05) is 25.7 Å². The molecular formula is C18H29N3O. The molecular weight excluding hydrogens is 274 g/mol. The van der Waals surface area contributed by atoms with Gasteiger partial charge in [-0.25, -0.2) is 0 Å². The molecule has 1 heterocycles. The van der Waals surface area contributed by atoms with Crippen LogP contribution in [0.1, 0.15) is 18.4 Å². The lowest BCUT2D eigenvalue weighted by Crippen LogP contribution is -2.47. The van der Waals surface area contributed by atoms with Crippen molar-refractivity contribution in [3.8, 4) is 0 Å². The van der Waals surface area contributed by atoms with Crippen LogP contribution in [0.15, 0.2) is 30.3 Å². The van der Waals surface area contributed by atoms with Crippen LogP contribution in [0.3, 0.4) is 0 Å². The molecule has 0 aliphatic carbocycles. The van der Waals surface area contributed by atoms with Crippen molar-refractivity contribution in [2.75, 3.05) is 47.3 Å². The van der Waals surface area contributed by atoms with Crippen molar-refractivity contribution >= 4 is 5.91 Å². The maximum absolute atomic E-state index is 12.1. The predicted molar refractivity (Wildman–Crippen MR) is 90.9 cm³/mol. The Kier molecular flexibility index (Phi) is 6.40. The van der Waals surface area contributed by atoms with Gasteiger partial charge in [-0.05, 0) is 46.0 Å². The minimum absolute atomic E-state index is 0.260. The van der Waals surface area contributed by atoms with Gasteiger partial charge in [-0.3, -0.25) is 4.79 Å². The van der Waals surface area contributed by atoms with Crippen molar-refractivity contribution in [3.63, 3.8) is 0 Å². The van der Waals surface area contributed by atoms with Gasteiger partial charge in [0.15, 0.2) is 0 Å². The highest BCUT2D eigenvalue weighted by Gasteiger charge is 2.25. The van der Waals surface area contributed by atoms with E-state index >= 15 is 0 Å². The minimum atomic E-state index is 0.260. The van der Waals surface area contributed by atoms with Gasteiger partial charge in [-0.15, -0.1) is 0 Å². The van der Waals surface area contributed by atoms with Gasteiger partial charge in [0.1, 0.15) is 0 Å². The van der Waals surface area contributed by atoms with E-state index < -0.39 is 0 Å². The third-order valence-electron chi connectivity index (χ3n) is 4.49.